The molecule has 0 aliphatic carbocycles. The number of carbonyl (C=O) groups is 3. The van der Waals surface area contributed by atoms with Gasteiger partial charge < -0.3 is 16.8 Å². The van der Waals surface area contributed by atoms with Crippen LogP contribution in [0.15, 0.2) is 60.3 Å². The van der Waals surface area contributed by atoms with Crippen molar-refractivity contribution in [3.8, 4) is 6.07 Å². The van der Waals surface area contributed by atoms with Crippen LogP contribution in [-0.2, 0) is 9.59 Å². The van der Waals surface area contributed by atoms with Crippen LogP contribution in [-0.4, -0.2) is 17.7 Å². The van der Waals surface area contributed by atoms with Crippen LogP contribution in [0.3, 0.4) is 0 Å². The molecule has 8 heteroatoms. The Balaban J connectivity index is 2.25. The highest BCUT2D eigenvalue weighted by molar-refractivity contribution is 6.21. The third-order valence-electron chi connectivity index (χ3n) is 3.57. The van der Waals surface area contributed by atoms with E-state index >= 15 is 0 Å². The number of nitrogens with one attached hydrogen (secondary N) is 1. The molecule has 2 rings (SSSR count). The van der Waals surface area contributed by atoms with Gasteiger partial charge in [-0.2, -0.15) is 5.26 Å². The van der Waals surface area contributed by atoms with E-state index in [1.165, 1.54) is 37.4 Å². The van der Waals surface area contributed by atoms with Crippen LogP contribution in [0.25, 0.3) is 0 Å². The number of nitrogens with two attached hydrogens (primary N) is 2. The lowest BCUT2D eigenvalue weighted by Gasteiger charge is -2.19. The van der Waals surface area contributed by atoms with Gasteiger partial charge in [-0.05, 0) is 48.5 Å². The van der Waals surface area contributed by atoms with E-state index in [4.69, 9.17) is 11.5 Å². The van der Waals surface area contributed by atoms with Crippen LogP contribution in [0.1, 0.15) is 17.3 Å². The summed E-state index contributed by atoms with van der Waals surface area (Å²) in [7, 11) is 0. The number of imide groups is 1. The number of benzene rings is 2. The summed E-state index contributed by atoms with van der Waals surface area (Å²) in [5, 5.41) is 12.1. The highest BCUT2D eigenvalue weighted by Gasteiger charge is 2.23. The molecule has 0 aromatic heterocycles. The molecule has 0 unspecified atom stereocenters. The molecule has 2 aromatic carbocycles. The molecular weight excluding hydrogens is 346 g/mol. The van der Waals surface area contributed by atoms with Crippen LogP contribution in [0.4, 0.5) is 17.1 Å². The molecule has 8 nitrogen and oxygen atoms in total. The number of hydrogen-bond donors (Lipinski definition) is 3. The van der Waals surface area contributed by atoms with Gasteiger partial charge in [0.2, 0.25) is 11.8 Å². The first kappa shape index (κ1) is 19.2. The number of nitrogen functional groups attached to an aromatic ring is 1. The van der Waals surface area contributed by atoms with Crippen molar-refractivity contribution in [2.75, 3.05) is 16.0 Å². The van der Waals surface area contributed by atoms with Gasteiger partial charge in [0.1, 0.15) is 11.6 Å². The molecule has 0 heterocycles. The van der Waals surface area contributed by atoms with E-state index in [0.29, 0.717) is 22.6 Å². The predicted molar refractivity (Wildman–Crippen MR) is 101 cm³/mol. The van der Waals surface area contributed by atoms with Gasteiger partial charge >= 0.3 is 0 Å². The number of hydrogen-bond acceptors (Lipinski definition) is 6. The normalized spacial score (nSPS) is 10.6. The van der Waals surface area contributed by atoms with Crippen molar-refractivity contribution in [2.24, 2.45) is 5.73 Å². The predicted octanol–water partition coefficient (Wildman–Crippen LogP) is 1.77. The molecule has 0 spiro atoms. The maximum atomic E-state index is 12.6. The summed E-state index contributed by atoms with van der Waals surface area (Å²) in [6, 6.07) is 14.0. The second-order valence-electron chi connectivity index (χ2n) is 5.51. The Hall–Kier alpha value is -4.12. The molecule has 3 amide bonds. The van der Waals surface area contributed by atoms with Gasteiger partial charge in [-0.3, -0.25) is 14.4 Å². The van der Waals surface area contributed by atoms with E-state index < -0.39 is 17.7 Å². The average Bonchev–Trinajstić information content (AvgIpc) is 2.64. The van der Waals surface area contributed by atoms with E-state index in [1.54, 1.807) is 30.3 Å². The Labute approximate surface area is 155 Å². The van der Waals surface area contributed by atoms with Crippen molar-refractivity contribution in [1.29, 1.82) is 5.26 Å². The van der Waals surface area contributed by atoms with Crippen molar-refractivity contribution < 1.29 is 14.4 Å². The molecule has 0 fully saturated rings. The summed E-state index contributed by atoms with van der Waals surface area (Å²) in [5.74, 6) is -1.89. The molecule has 0 saturated heterocycles. The van der Waals surface area contributed by atoms with Crippen molar-refractivity contribution >= 4 is 34.8 Å². The molecule has 0 radical (unpaired) electrons. The fourth-order valence-corrected chi connectivity index (χ4v) is 2.21. The summed E-state index contributed by atoms with van der Waals surface area (Å²) >= 11 is 0. The van der Waals surface area contributed by atoms with Crippen molar-refractivity contribution in [3.05, 3.63) is 65.9 Å². The number of amides is 3. The molecule has 0 saturated carbocycles. The minimum absolute atomic E-state index is 0.277. The van der Waals surface area contributed by atoms with Crippen molar-refractivity contribution in [3.63, 3.8) is 0 Å². The number of anilines is 3. The molecule has 2 aromatic rings. The Bertz CT molecular complexity index is 941. The van der Waals surface area contributed by atoms with Crippen LogP contribution in [0.2, 0.25) is 0 Å². The van der Waals surface area contributed by atoms with E-state index in [2.05, 4.69) is 5.32 Å². The second-order valence-corrected chi connectivity index (χ2v) is 5.51. The van der Waals surface area contributed by atoms with E-state index in [9.17, 15) is 19.6 Å². The monoisotopic (exact) mass is 363 g/mol. The number of nitriles is 1. The van der Waals surface area contributed by atoms with Crippen LogP contribution in [0.5, 0.6) is 0 Å². The Kier molecular flexibility index (Phi) is 5.91. The molecular formula is C19H17N5O3. The smallest absolute Gasteiger partial charge is 0.277 e. The fraction of sp³-hybridized carbons (Fsp3) is 0.0526. The summed E-state index contributed by atoms with van der Waals surface area (Å²) in [5.41, 5.74) is 12.1. The van der Waals surface area contributed by atoms with Crippen LogP contribution < -0.4 is 21.7 Å². The minimum Gasteiger partial charge on any atom is -0.399 e. The highest BCUT2D eigenvalue weighted by Crippen LogP contribution is 2.19. The first-order chi connectivity index (χ1) is 12.8. The van der Waals surface area contributed by atoms with Gasteiger partial charge in [-0.1, -0.05) is 0 Å². The first-order valence-electron chi connectivity index (χ1n) is 7.80. The Morgan fingerprint density at radius 1 is 1.07 bits per heavy atom. The van der Waals surface area contributed by atoms with Crippen LogP contribution >= 0.6 is 0 Å². The van der Waals surface area contributed by atoms with Gasteiger partial charge in [0, 0.05) is 30.1 Å². The largest absolute Gasteiger partial charge is 0.399 e. The molecule has 136 valence electrons. The van der Waals surface area contributed by atoms with E-state index in [0.717, 1.165) is 4.90 Å². The molecule has 0 aliphatic rings. The summed E-state index contributed by atoms with van der Waals surface area (Å²) in [6.45, 7) is 1.22. The lowest BCUT2D eigenvalue weighted by Crippen LogP contribution is -2.36. The summed E-state index contributed by atoms with van der Waals surface area (Å²) < 4.78 is 0. The zero-order valence-corrected chi connectivity index (χ0v) is 14.5. The van der Waals surface area contributed by atoms with Gasteiger partial charge in [-0.25, -0.2) is 4.90 Å². The average molecular weight is 363 g/mol. The number of rotatable bonds is 5. The number of carbonyl (C=O) groups excluding carboxylic acids is 3. The highest BCUT2D eigenvalue weighted by atomic mass is 16.2. The topological polar surface area (TPSA) is 142 Å². The maximum Gasteiger partial charge on any atom is 0.277 e. The number of primary amides is 1. The zero-order valence-electron chi connectivity index (χ0n) is 14.5. The summed E-state index contributed by atoms with van der Waals surface area (Å²) in [4.78, 5) is 36.5. The lowest BCUT2D eigenvalue weighted by molar-refractivity contribution is -0.123. The fourth-order valence-electron chi connectivity index (χ4n) is 2.21. The third kappa shape index (κ3) is 4.70. The summed E-state index contributed by atoms with van der Waals surface area (Å²) in [6.07, 6.45) is 1.19. The van der Waals surface area contributed by atoms with Gasteiger partial charge in [-0.15, -0.1) is 0 Å². The zero-order chi connectivity index (χ0) is 20.0. The molecule has 0 bridgehead atoms. The van der Waals surface area contributed by atoms with Crippen LogP contribution in [0, 0.1) is 11.3 Å². The molecule has 27 heavy (non-hydrogen) atoms. The minimum atomic E-state index is -0.781. The molecule has 0 atom stereocenters. The SMILES string of the molecule is CC(=O)N(C(=O)/C(C#N)=C\Nc1ccc(C(N)=O)cc1)c1ccc(N)cc1. The quantitative estimate of drug-likeness (QED) is 0.420. The van der Waals surface area contributed by atoms with E-state index in [1.807, 2.05) is 0 Å². The lowest BCUT2D eigenvalue weighted by atomic mass is 10.2. The van der Waals surface area contributed by atoms with Gasteiger partial charge in [0.05, 0.1) is 5.69 Å². The van der Waals surface area contributed by atoms with Gasteiger partial charge in [0.25, 0.3) is 5.91 Å². The van der Waals surface area contributed by atoms with Crippen molar-refractivity contribution in [1.82, 2.24) is 0 Å². The van der Waals surface area contributed by atoms with Crippen molar-refractivity contribution in [2.45, 2.75) is 6.92 Å². The third-order valence-corrected chi connectivity index (χ3v) is 3.57. The maximum absolute atomic E-state index is 12.6. The van der Waals surface area contributed by atoms with E-state index in [-0.39, 0.29) is 5.57 Å². The number of nitrogens with zero attached hydrogens (tertiary/aromatic N) is 2. The first-order valence-corrected chi connectivity index (χ1v) is 7.80. The molecule has 0 aliphatic heterocycles. The second kappa shape index (κ2) is 8.31. The standard InChI is InChI=1S/C19H17N5O3/c1-12(25)24(17-8-4-15(21)5-9-17)19(27)14(10-20)11-23-16-6-2-13(3-7-16)18(22)26/h2-9,11,23H,21H2,1H3,(H2,22,26)/b14-11-. The van der Waals surface area contributed by atoms with Gasteiger partial charge in [0.15, 0.2) is 0 Å². The Morgan fingerprint density at radius 2 is 1.67 bits per heavy atom. The molecule has 5 N–H and O–H groups in total. The Morgan fingerprint density at radius 3 is 2.15 bits per heavy atom.